The maximum absolute atomic E-state index is 13.6. The van der Waals surface area contributed by atoms with E-state index in [1.54, 1.807) is 31.2 Å². The molecule has 3 aromatic rings. The quantitative estimate of drug-likeness (QED) is 0.157. The normalized spacial score (nSPS) is 16.0. The third kappa shape index (κ3) is 9.87. The van der Waals surface area contributed by atoms with E-state index < -0.39 is 12.1 Å². The number of rotatable bonds is 15. The molecule has 4 atom stereocenters. The van der Waals surface area contributed by atoms with E-state index in [0.29, 0.717) is 43.1 Å². The summed E-state index contributed by atoms with van der Waals surface area (Å²) in [6, 6.07) is 19.2. The number of hydrogen-bond donors (Lipinski definition) is 5. The summed E-state index contributed by atoms with van der Waals surface area (Å²) in [5.74, 6) is -0.833. The first-order valence-corrected chi connectivity index (χ1v) is 16.9. The van der Waals surface area contributed by atoms with Crippen molar-refractivity contribution in [2.75, 3.05) is 13.1 Å². The summed E-state index contributed by atoms with van der Waals surface area (Å²) in [4.78, 5) is 52.3. The molecule has 9 nitrogen and oxygen atoms in total. The van der Waals surface area contributed by atoms with Crippen LogP contribution in [0.4, 0.5) is 0 Å². The predicted octanol–water partition coefficient (Wildman–Crippen LogP) is 5.04. The number of carbonyl (C=O) groups excluding carboxylic acids is 4. The summed E-state index contributed by atoms with van der Waals surface area (Å²) in [7, 11) is 0. The van der Waals surface area contributed by atoms with Crippen LogP contribution in [0.25, 0.3) is 10.8 Å². The van der Waals surface area contributed by atoms with Crippen LogP contribution in [0.15, 0.2) is 90.5 Å². The van der Waals surface area contributed by atoms with Crippen LogP contribution in [0.1, 0.15) is 73.7 Å². The smallest absolute Gasteiger partial charge is 0.251 e. The number of amides is 4. The number of benzene rings is 3. The zero-order chi connectivity index (χ0) is 34.6. The largest absolute Gasteiger partial charge is 0.355 e. The number of carbonyl (C=O) groups is 4. The Morgan fingerprint density at radius 2 is 1.54 bits per heavy atom. The molecule has 0 fully saturated rings. The van der Waals surface area contributed by atoms with Gasteiger partial charge in [-0.15, -0.1) is 0 Å². The molecule has 1 aliphatic rings. The van der Waals surface area contributed by atoms with E-state index in [4.69, 9.17) is 0 Å². The minimum absolute atomic E-state index is 0.0800. The van der Waals surface area contributed by atoms with Crippen LogP contribution in [-0.2, 0) is 16.1 Å². The van der Waals surface area contributed by atoms with Gasteiger partial charge in [-0.05, 0) is 73.1 Å². The lowest BCUT2D eigenvalue weighted by atomic mass is 9.88. The number of nitrogens with one attached hydrogen (secondary N) is 5. The van der Waals surface area contributed by atoms with E-state index in [-0.39, 0.29) is 35.6 Å². The molecule has 0 aliphatic heterocycles. The van der Waals surface area contributed by atoms with Crippen LogP contribution < -0.4 is 26.6 Å². The van der Waals surface area contributed by atoms with E-state index in [9.17, 15) is 19.2 Å². The summed E-state index contributed by atoms with van der Waals surface area (Å²) in [6.45, 7) is 10.7. The van der Waals surface area contributed by atoms with Gasteiger partial charge in [0, 0.05) is 36.8 Å². The Morgan fingerprint density at radius 1 is 0.833 bits per heavy atom. The molecule has 4 amide bonds. The number of hydrogen-bond acceptors (Lipinski definition) is 5. The molecular weight excluding hydrogens is 602 g/mol. The van der Waals surface area contributed by atoms with Crippen LogP contribution in [0, 0.1) is 11.8 Å². The van der Waals surface area contributed by atoms with Crippen molar-refractivity contribution in [3.05, 3.63) is 107 Å². The van der Waals surface area contributed by atoms with Crippen molar-refractivity contribution in [3.63, 3.8) is 0 Å². The SMILES string of the molecule is CCNC(=O)[C@@H](NC(=O)[C@H](C)NC[C@H](CC1=CC=CCC1C)NC(=O)c1cccc(C(=O)NCc2cccc3ccccc23)c1)C(C)C. The summed E-state index contributed by atoms with van der Waals surface area (Å²) in [5, 5.41) is 17.2. The fourth-order valence-corrected chi connectivity index (χ4v) is 5.82. The average Bonchev–Trinajstić information content (AvgIpc) is 3.09. The van der Waals surface area contributed by atoms with E-state index in [2.05, 4.69) is 45.7 Å². The first-order valence-electron chi connectivity index (χ1n) is 16.9. The van der Waals surface area contributed by atoms with Crippen LogP contribution in [0.3, 0.4) is 0 Å². The van der Waals surface area contributed by atoms with Crippen LogP contribution >= 0.6 is 0 Å². The fraction of sp³-hybridized carbons (Fsp3) is 0.385. The van der Waals surface area contributed by atoms with Gasteiger partial charge in [0.25, 0.3) is 11.8 Å². The number of fused-ring (bicyclic) bond motifs is 1. The van der Waals surface area contributed by atoms with Gasteiger partial charge in [0.15, 0.2) is 0 Å². The molecule has 1 unspecified atom stereocenters. The van der Waals surface area contributed by atoms with Crippen LogP contribution in [-0.4, -0.2) is 54.8 Å². The van der Waals surface area contributed by atoms with Gasteiger partial charge in [-0.25, -0.2) is 0 Å². The van der Waals surface area contributed by atoms with Gasteiger partial charge >= 0.3 is 0 Å². The summed E-state index contributed by atoms with van der Waals surface area (Å²) in [6.07, 6.45) is 7.76. The van der Waals surface area contributed by atoms with Gasteiger partial charge in [-0.3, -0.25) is 19.2 Å². The Hall–Kier alpha value is -4.76. The van der Waals surface area contributed by atoms with Crippen molar-refractivity contribution in [2.24, 2.45) is 11.8 Å². The van der Waals surface area contributed by atoms with Gasteiger partial charge in [-0.2, -0.15) is 0 Å². The topological polar surface area (TPSA) is 128 Å². The Kier molecular flexibility index (Phi) is 13.1. The molecule has 254 valence electrons. The van der Waals surface area contributed by atoms with Crippen LogP contribution in [0.2, 0.25) is 0 Å². The lowest BCUT2D eigenvalue weighted by Gasteiger charge is -2.27. The summed E-state index contributed by atoms with van der Waals surface area (Å²) < 4.78 is 0. The van der Waals surface area contributed by atoms with Crippen molar-refractivity contribution >= 4 is 34.4 Å². The second-order valence-corrected chi connectivity index (χ2v) is 12.8. The standard InChI is InChI=1S/C39H49N5O4/c1-6-40-39(48)35(25(2)3)44-36(45)27(5)41-24-33(22-29-15-8-7-13-26(29)4)43-38(47)31-18-12-17-30(21-31)37(46)42-23-32-19-11-16-28-14-9-10-20-34(28)32/h7-12,14-21,25-27,33,35,41H,6,13,22-24H2,1-5H3,(H,40,48)(H,42,46)(H,43,47)(H,44,45)/t26?,27-,33-,35-/m0/s1. The molecule has 0 spiro atoms. The lowest BCUT2D eigenvalue weighted by Crippen LogP contribution is -2.55. The van der Waals surface area contributed by atoms with Crippen molar-refractivity contribution < 1.29 is 19.2 Å². The van der Waals surface area contributed by atoms with Gasteiger partial charge in [-0.1, -0.05) is 93.1 Å². The summed E-state index contributed by atoms with van der Waals surface area (Å²) in [5.41, 5.74) is 2.98. The molecule has 0 radical (unpaired) electrons. The van der Waals surface area contributed by atoms with Crippen molar-refractivity contribution in [2.45, 2.75) is 72.1 Å². The van der Waals surface area contributed by atoms with Gasteiger partial charge in [0.2, 0.25) is 11.8 Å². The zero-order valence-corrected chi connectivity index (χ0v) is 28.6. The fourth-order valence-electron chi connectivity index (χ4n) is 5.82. The highest BCUT2D eigenvalue weighted by molar-refractivity contribution is 6.00. The first kappa shape index (κ1) is 36.1. The molecule has 0 saturated heterocycles. The Morgan fingerprint density at radius 3 is 2.27 bits per heavy atom. The maximum Gasteiger partial charge on any atom is 0.251 e. The summed E-state index contributed by atoms with van der Waals surface area (Å²) >= 11 is 0. The van der Waals surface area contributed by atoms with Crippen LogP contribution in [0.5, 0.6) is 0 Å². The number of allylic oxidation sites excluding steroid dienone is 3. The molecule has 0 saturated carbocycles. The molecule has 0 heterocycles. The van der Waals surface area contributed by atoms with E-state index in [1.165, 1.54) is 5.57 Å². The van der Waals surface area contributed by atoms with Crippen molar-refractivity contribution in [1.82, 2.24) is 26.6 Å². The van der Waals surface area contributed by atoms with Gasteiger partial charge < -0.3 is 26.6 Å². The highest BCUT2D eigenvalue weighted by Crippen LogP contribution is 2.24. The van der Waals surface area contributed by atoms with Gasteiger partial charge in [0.05, 0.1) is 6.04 Å². The number of likely N-dealkylation sites (N-methyl/N-ethyl adjacent to an activating group) is 1. The highest BCUT2D eigenvalue weighted by Gasteiger charge is 2.27. The van der Waals surface area contributed by atoms with Crippen molar-refractivity contribution in [1.29, 1.82) is 0 Å². The molecule has 9 heteroatoms. The maximum atomic E-state index is 13.6. The third-order valence-corrected chi connectivity index (χ3v) is 8.75. The Balaban J connectivity index is 1.42. The Bertz CT molecular complexity index is 1660. The van der Waals surface area contributed by atoms with E-state index in [1.807, 2.05) is 69.3 Å². The highest BCUT2D eigenvalue weighted by atomic mass is 16.2. The second-order valence-electron chi connectivity index (χ2n) is 12.8. The second kappa shape index (κ2) is 17.4. The van der Waals surface area contributed by atoms with E-state index in [0.717, 1.165) is 22.8 Å². The molecule has 3 aromatic carbocycles. The molecule has 4 rings (SSSR count). The molecule has 48 heavy (non-hydrogen) atoms. The monoisotopic (exact) mass is 651 g/mol. The average molecular weight is 652 g/mol. The molecular formula is C39H49N5O4. The zero-order valence-electron chi connectivity index (χ0n) is 28.6. The van der Waals surface area contributed by atoms with E-state index >= 15 is 0 Å². The first-order chi connectivity index (χ1) is 23.1. The molecule has 0 aromatic heterocycles. The predicted molar refractivity (Wildman–Crippen MR) is 191 cm³/mol. The minimum Gasteiger partial charge on any atom is -0.355 e. The van der Waals surface area contributed by atoms with Gasteiger partial charge in [0.1, 0.15) is 6.04 Å². The molecule has 5 N–H and O–H groups in total. The Labute approximate surface area is 284 Å². The molecule has 0 bridgehead atoms. The molecule has 1 aliphatic carbocycles. The minimum atomic E-state index is -0.645. The van der Waals surface area contributed by atoms with Crippen molar-refractivity contribution in [3.8, 4) is 0 Å². The third-order valence-electron chi connectivity index (χ3n) is 8.75. The lowest BCUT2D eigenvalue weighted by molar-refractivity contribution is -0.130.